The van der Waals surface area contributed by atoms with E-state index >= 15 is 0 Å². The van der Waals surface area contributed by atoms with E-state index < -0.39 is 0 Å². The number of rotatable bonds is 4. The van der Waals surface area contributed by atoms with Gasteiger partial charge in [-0.2, -0.15) is 0 Å². The fourth-order valence-electron chi connectivity index (χ4n) is 0.731. The van der Waals surface area contributed by atoms with Gasteiger partial charge in [0, 0.05) is 19.2 Å². The molecule has 0 saturated carbocycles. The summed E-state index contributed by atoms with van der Waals surface area (Å²) in [6.45, 7) is -0.0361. The molecule has 5 nitrogen and oxygen atoms in total. The molecule has 13 heavy (non-hydrogen) atoms. The molecule has 0 heterocycles. The van der Waals surface area contributed by atoms with E-state index in [1.165, 1.54) is 7.11 Å². The predicted molar refractivity (Wildman–Crippen MR) is 45.1 cm³/mol. The lowest BCUT2D eigenvalue weighted by Crippen LogP contribution is -1.96. The summed E-state index contributed by atoms with van der Waals surface area (Å²) in [6, 6.07) is 8.56. The molecule has 70 valence electrons. The normalized spacial score (nSPS) is 11.3. The van der Waals surface area contributed by atoms with Gasteiger partial charge < -0.3 is 14.8 Å². The van der Waals surface area contributed by atoms with Crippen LogP contribution in [0.5, 0.6) is 0 Å². The van der Waals surface area contributed by atoms with Gasteiger partial charge in [-0.15, -0.1) is 0 Å². The second-order valence-electron chi connectivity index (χ2n) is 2.23. The summed E-state index contributed by atoms with van der Waals surface area (Å²) < 4.78 is 4.55. The number of benzene rings is 1. The molecule has 0 aliphatic rings. The summed E-state index contributed by atoms with van der Waals surface area (Å²) in [4.78, 5) is 4.90. The molecular formula is C8H10N2O3. The highest BCUT2D eigenvalue weighted by atomic mass is 16.8. The standard InChI is InChI=1S/C8H10N2O3/c1-12-7-13-9-10(11)8-5-3-2-4-6-8/h2-6H,7H2,1H3/b10-9-. The molecule has 0 amide bonds. The van der Waals surface area contributed by atoms with Crippen LogP contribution in [0.4, 0.5) is 5.69 Å². The van der Waals surface area contributed by atoms with E-state index in [1.807, 2.05) is 6.07 Å². The topological polar surface area (TPSA) is 56.9 Å². The highest BCUT2D eigenvalue weighted by Crippen LogP contribution is 2.09. The first-order chi connectivity index (χ1) is 6.34. The van der Waals surface area contributed by atoms with Crippen molar-refractivity contribution < 1.29 is 14.4 Å². The Bertz CT molecular complexity index is 274. The lowest BCUT2D eigenvalue weighted by atomic mass is 10.3. The SMILES string of the molecule is COCO/N=[N+](\[O-])c1ccccc1. The summed E-state index contributed by atoms with van der Waals surface area (Å²) in [5, 5.41) is 14.3. The van der Waals surface area contributed by atoms with Gasteiger partial charge in [-0.3, -0.25) is 0 Å². The van der Waals surface area contributed by atoms with Crippen LogP contribution in [0, 0.1) is 5.21 Å². The van der Waals surface area contributed by atoms with E-state index in [-0.39, 0.29) is 6.79 Å². The Balaban J connectivity index is 2.57. The molecule has 1 rings (SSSR count). The zero-order valence-electron chi connectivity index (χ0n) is 7.21. The Morgan fingerprint density at radius 2 is 2.08 bits per heavy atom. The van der Waals surface area contributed by atoms with Crippen molar-refractivity contribution in [1.82, 2.24) is 0 Å². The Morgan fingerprint density at radius 3 is 2.69 bits per heavy atom. The van der Waals surface area contributed by atoms with Crippen LogP contribution in [0.3, 0.4) is 0 Å². The average Bonchev–Trinajstić information content (AvgIpc) is 2.19. The highest BCUT2D eigenvalue weighted by molar-refractivity contribution is 5.27. The first kappa shape index (κ1) is 9.47. The van der Waals surface area contributed by atoms with Crippen molar-refractivity contribution >= 4 is 5.69 Å². The molecule has 0 saturated heterocycles. The van der Waals surface area contributed by atoms with E-state index in [9.17, 15) is 5.21 Å². The van der Waals surface area contributed by atoms with Crippen molar-refractivity contribution in [2.24, 2.45) is 5.28 Å². The minimum Gasteiger partial charge on any atom is -0.592 e. The number of para-hydroxylation sites is 1. The number of nitrogens with zero attached hydrogens (tertiary/aromatic N) is 2. The molecule has 0 unspecified atom stereocenters. The molecule has 0 radical (unpaired) electrons. The van der Waals surface area contributed by atoms with Crippen molar-refractivity contribution in [1.29, 1.82) is 0 Å². The van der Waals surface area contributed by atoms with Crippen LogP contribution in [0.15, 0.2) is 35.6 Å². The van der Waals surface area contributed by atoms with Crippen molar-refractivity contribution in [3.63, 3.8) is 0 Å². The molecule has 1 aromatic rings. The van der Waals surface area contributed by atoms with E-state index in [0.29, 0.717) is 10.5 Å². The third kappa shape index (κ3) is 3.08. The number of hydrogen-bond donors (Lipinski definition) is 0. The number of hydrogen-bond acceptors (Lipinski definition) is 4. The molecule has 5 heteroatoms. The Kier molecular flexibility index (Phi) is 3.72. The second-order valence-corrected chi connectivity index (χ2v) is 2.23. The third-order valence-electron chi connectivity index (χ3n) is 1.28. The quantitative estimate of drug-likeness (QED) is 0.234. The van der Waals surface area contributed by atoms with Gasteiger partial charge in [0.2, 0.25) is 17.8 Å². The zero-order valence-corrected chi connectivity index (χ0v) is 7.21. The van der Waals surface area contributed by atoms with Gasteiger partial charge in [0.15, 0.2) is 0 Å². The molecule has 0 aromatic heterocycles. The molecule has 0 fully saturated rings. The van der Waals surface area contributed by atoms with Crippen LogP contribution in [0.25, 0.3) is 0 Å². The van der Waals surface area contributed by atoms with E-state index in [4.69, 9.17) is 0 Å². The first-order valence-corrected chi connectivity index (χ1v) is 3.69. The van der Waals surface area contributed by atoms with E-state index in [2.05, 4.69) is 14.9 Å². The Morgan fingerprint density at radius 1 is 1.38 bits per heavy atom. The Hall–Kier alpha value is -1.62. The molecule has 0 bridgehead atoms. The lowest BCUT2D eigenvalue weighted by Gasteiger charge is -1.97. The largest absolute Gasteiger partial charge is 0.592 e. The van der Waals surface area contributed by atoms with Crippen molar-refractivity contribution in [3.8, 4) is 0 Å². The maximum absolute atomic E-state index is 11.1. The number of ether oxygens (including phenoxy) is 1. The van der Waals surface area contributed by atoms with Crippen LogP contribution >= 0.6 is 0 Å². The number of methoxy groups -OCH3 is 1. The molecule has 1 aromatic carbocycles. The van der Waals surface area contributed by atoms with Gasteiger partial charge in [0.05, 0.1) is 0 Å². The first-order valence-electron chi connectivity index (χ1n) is 3.69. The van der Waals surface area contributed by atoms with Crippen LogP contribution in [0.1, 0.15) is 0 Å². The minimum absolute atomic E-state index is 0.0361. The zero-order chi connectivity index (χ0) is 9.52. The molecule has 0 atom stereocenters. The van der Waals surface area contributed by atoms with Crippen LogP contribution in [-0.4, -0.2) is 18.8 Å². The van der Waals surface area contributed by atoms with Gasteiger partial charge in [-0.05, 0) is 4.86 Å². The van der Waals surface area contributed by atoms with Gasteiger partial charge >= 0.3 is 0 Å². The van der Waals surface area contributed by atoms with Crippen molar-refractivity contribution in [2.75, 3.05) is 13.9 Å². The smallest absolute Gasteiger partial charge is 0.248 e. The molecule has 0 spiro atoms. The van der Waals surface area contributed by atoms with E-state index in [0.717, 1.165) is 0 Å². The maximum Gasteiger partial charge on any atom is 0.248 e. The predicted octanol–water partition coefficient (Wildman–Crippen LogP) is 1.82. The van der Waals surface area contributed by atoms with Crippen molar-refractivity contribution in [3.05, 3.63) is 35.5 Å². The van der Waals surface area contributed by atoms with Crippen LogP contribution in [-0.2, 0) is 9.57 Å². The van der Waals surface area contributed by atoms with Gasteiger partial charge in [-0.1, -0.05) is 18.2 Å². The summed E-state index contributed by atoms with van der Waals surface area (Å²) in [6.07, 6.45) is 0. The summed E-state index contributed by atoms with van der Waals surface area (Å²) in [5.74, 6) is 0. The van der Waals surface area contributed by atoms with Gasteiger partial charge in [0.1, 0.15) is 0 Å². The Labute approximate surface area is 75.7 Å². The second kappa shape index (κ2) is 5.10. The summed E-state index contributed by atoms with van der Waals surface area (Å²) >= 11 is 0. The highest BCUT2D eigenvalue weighted by Gasteiger charge is 2.00. The van der Waals surface area contributed by atoms with E-state index in [1.54, 1.807) is 24.3 Å². The minimum atomic E-state index is -0.0361. The molecule has 0 aliphatic heterocycles. The summed E-state index contributed by atoms with van der Waals surface area (Å²) in [5.41, 5.74) is 0.415. The molecule has 0 aliphatic carbocycles. The lowest BCUT2D eigenvalue weighted by molar-refractivity contribution is -0.482. The average molecular weight is 182 g/mol. The third-order valence-corrected chi connectivity index (χ3v) is 1.28. The maximum atomic E-state index is 11.1. The van der Waals surface area contributed by atoms with Crippen LogP contribution in [0.2, 0.25) is 0 Å². The van der Waals surface area contributed by atoms with Gasteiger partial charge in [0.25, 0.3) is 0 Å². The molecule has 0 N–H and O–H groups in total. The van der Waals surface area contributed by atoms with Crippen molar-refractivity contribution in [2.45, 2.75) is 0 Å². The fourth-order valence-corrected chi connectivity index (χ4v) is 0.731. The van der Waals surface area contributed by atoms with Crippen LogP contribution < -0.4 is 0 Å². The molecular weight excluding hydrogens is 172 g/mol. The monoisotopic (exact) mass is 182 g/mol. The van der Waals surface area contributed by atoms with Gasteiger partial charge in [-0.25, -0.2) is 0 Å². The fraction of sp³-hybridized carbons (Fsp3) is 0.250. The summed E-state index contributed by atoms with van der Waals surface area (Å²) in [7, 11) is 1.45.